The molecule has 72 valence electrons. The fraction of sp³-hybridized carbons (Fsp3) is 0.375. The second-order valence-corrected chi connectivity index (χ2v) is 2.78. The van der Waals surface area contributed by atoms with Crippen LogP contribution in [0.3, 0.4) is 0 Å². The summed E-state index contributed by atoms with van der Waals surface area (Å²) in [6.45, 7) is 1.37. The van der Waals surface area contributed by atoms with E-state index in [0.717, 1.165) is 12.4 Å². The molecule has 0 saturated heterocycles. The summed E-state index contributed by atoms with van der Waals surface area (Å²) in [7, 11) is 0. The minimum atomic E-state index is -1.07. The number of hydrogen-bond donors (Lipinski definition) is 2. The maximum Gasteiger partial charge on any atom is 0.149 e. The zero-order valence-electron chi connectivity index (χ0n) is 7.04. The van der Waals surface area contributed by atoms with E-state index in [4.69, 9.17) is 10.8 Å². The lowest BCUT2D eigenvalue weighted by Crippen LogP contribution is -2.25. The van der Waals surface area contributed by atoms with Crippen molar-refractivity contribution in [1.29, 1.82) is 0 Å². The molecular weight excluding hydrogens is 178 g/mol. The van der Waals surface area contributed by atoms with Gasteiger partial charge < -0.3 is 10.8 Å². The Hall–Kier alpha value is -1.07. The second-order valence-electron chi connectivity index (χ2n) is 2.78. The summed E-state index contributed by atoms with van der Waals surface area (Å²) in [4.78, 5) is 3.30. The molecule has 3 nitrogen and oxygen atoms in total. The van der Waals surface area contributed by atoms with Crippen molar-refractivity contribution in [1.82, 2.24) is 4.98 Å². The molecule has 13 heavy (non-hydrogen) atoms. The normalized spacial score (nSPS) is 15.5. The van der Waals surface area contributed by atoms with Crippen LogP contribution in [0.5, 0.6) is 0 Å². The minimum absolute atomic E-state index is 0.329. The van der Waals surface area contributed by atoms with Gasteiger partial charge in [0.1, 0.15) is 11.6 Å². The van der Waals surface area contributed by atoms with Crippen LogP contribution < -0.4 is 5.73 Å². The maximum absolute atomic E-state index is 13.0. The zero-order chi connectivity index (χ0) is 10.0. The predicted molar refractivity (Wildman–Crippen MR) is 42.8 cm³/mol. The van der Waals surface area contributed by atoms with Crippen LogP contribution in [0.2, 0.25) is 0 Å². The van der Waals surface area contributed by atoms with Crippen molar-refractivity contribution in [2.75, 3.05) is 0 Å². The van der Waals surface area contributed by atoms with Gasteiger partial charge in [-0.2, -0.15) is 0 Å². The van der Waals surface area contributed by atoms with E-state index in [-0.39, 0.29) is 5.56 Å². The summed E-state index contributed by atoms with van der Waals surface area (Å²) in [6.07, 6.45) is 0.716. The minimum Gasteiger partial charge on any atom is -0.391 e. The molecule has 0 spiro atoms. The van der Waals surface area contributed by atoms with E-state index in [0.29, 0.717) is 0 Å². The molecule has 0 aromatic carbocycles. The highest BCUT2D eigenvalue weighted by Gasteiger charge is 2.20. The van der Waals surface area contributed by atoms with Gasteiger partial charge in [-0.1, -0.05) is 0 Å². The van der Waals surface area contributed by atoms with Gasteiger partial charge in [-0.3, -0.25) is 4.98 Å². The third-order valence-electron chi connectivity index (χ3n) is 1.74. The fourth-order valence-corrected chi connectivity index (χ4v) is 0.981. The van der Waals surface area contributed by atoms with Gasteiger partial charge in [-0.25, -0.2) is 8.78 Å². The van der Waals surface area contributed by atoms with Crippen molar-refractivity contribution in [2.24, 2.45) is 5.73 Å². The molecule has 0 radical (unpaired) electrons. The third kappa shape index (κ3) is 1.99. The Morgan fingerprint density at radius 1 is 1.38 bits per heavy atom. The Morgan fingerprint density at radius 2 is 1.85 bits per heavy atom. The molecule has 1 rings (SSSR count). The topological polar surface area (TPSA) is 59.1 Å². The van der Waals surface area contributed by atoms with Crippen LogP contribution in [-0.2, 0) is 0 Å². The molecule has 5 heteroatoms. The number of pyridine rings is 1. The standard InChI is InChI=1S/C8H10F2N2O/c1-4(13)8(11)7-5(9)2-12-3-6(7)10/h2-4,8,13H,11H2,1H3. The van der Waals surface area contributed by atoms with E-state index in [9.17, 15) is 8.78 Å². The number of hydrogen-bond acceptors (Lipinski definition) is 3. The summed E-state index contributed by atoms with van der Waals surface area (Å²) in [5.41, 5.74) is 5.05. The Bertz CT molecular complexity index is 284. The molecule has 1 heterocycles. The molecule has 0 aliphatic heterocycles. The lowest BCUT2D eigenvalue weighted by Gasteiger charge is -2.15. The van der Waals surface area contributed by atoms with E-state index in [1.165, 1.54) is 6.92 Å². The first-order chi connectivity index (χ1) is 6.04. The number of aromatic nitrogens is 1. The number of aliphatic hydroxyl groups is 1. The number of aliphatic hydroxyl groups excluding tert-OH is 1. The van der Waals surface area contributed by atoms with Gasteiger partial charge in [-0.05, 0) is 6.92 Å². The molecule has 0 aliphatic rings. The smallest absolute Gasteiger partial charge is 0.149 e. The molecule has 1 aromatic rings. The van der Waals surface area contributed by atoms with Crippen LogP contribution in [-0.4, -0.2) is 16.2 Å². The van der Waals surface area contributed by atoms with Crippen molar-refractivity contribution >= 4 is 0 Å². The van der Waals surface area contributed by atoms with Gasteiger partial charge >= 0.3 is 0 Å². The molecule has 2 atom stereocenters. The Morgan fingerprint density at radius 3 is 2.23 bits per heavy atom. The van der Waals surface area contributed by atoms with E-state index in [1.54, 1.807) is 0 Å². The first kappa shape index (κ1) is 10.0. The quantitative estimate of drug-likeness (QED) is 0.719. The van der Waals surface area contributed by atoms with E-state index < -0.39 is 23.8 Å². The van der Waals surface area contributed by atoms with Gasteiger partial charge in [0.15, 0.2) is 0 Å². The summed E-state index contributed by atoms with van der Waals surface area (Å²) in [5.74, 6) is -1.68. The Labute approximate surface area is 74.2 Å². The monoisotopic (exact) mass is 188 g/mol. The fourth-order valence-electron chi connectivity index (χ4n) is 0.981. The van der Waals surface area contributed by atoms with Crippen molar-refractivity contribution in [3.63, 3.8) is 0 Å². The van der Waals surface area contributed by atoms with Crippen molar-refractivity contribution in [3.05, 3.63) is 29.6 Å². The van der Waals surface area contributed by atoms with Crippen LogP contribution in [0.25, 0.3) is 0 Å². The molecule has 0 saturated carbocycles. The van der Waals surface area contributed by atoms with Crippen molar-refractivity contribution in [3.8, 4) is 0 Å². The molecular formula is C8H10F2N2O. The number of nitrogens with zero attached hydrogens (tertiary/aromatic N) is 1. The first-order valence-electron chi connectivity index (χ1n) is 3.76. The average Bonchev–Trinajstić information content (AvgIpc) is 2.03. The van der Waals surface area contributed by atoms with Crippen molar-refractivity contribution in [2.45, 2.75) is 19.1 Å². The lowest BCUT2D eigenvalue weighted by molar-refractivity contribution is 0.160. The van der Waals surface area contributed by atoms with Gasteiger partial charge in [0.2, 0.25) is 0 Å². The van der Waals surface area contributed by atoms with Crippen LogP contribution in [0.1, 0.15) is 18.5 Å². The Kier molecular flexibility index (Phi) is 2.90. The maximum atomic E-state index is 13.0. The number of nitrogens with two attached hydrogens (primary N) is 1. The van der Waals surface area contributed by atoms with Crippen LogP contribution in [0.4, 0.5) is 8.78 Å². The third-order valence-corrected chi connectivity index (χ3v) is 1.74. The first-order valence-corrected chi connectivity index (χ1v) is 3.76. The molecule has 0 bridgehead atoms. The molecule has 0 amide bonds. The summed E-state index contributed by atoms with van der Waals surface area (Å²) < 4.78 is 25.9. The number of rotatable bonds is 2. The highest BCUT2D eigenvalue weighted by atomic mass is 19.1. The Balaban J connectivity index is 3.12. The van der Waals surface area contributed by atoms with Gasteiger partial charge in [0.25, 0.3) is 0 Å². The highest BCUT2D eigenvalue weighted by Crippen LogP contribution is 2.19. The van der Waals surface area contributed by atoms with Crippen LogP contribution in [0, 0.1) is 11.6 Å². The van der Waals surface area contributed by atoms with E-state index >= 15 is 0 Å². The summed E-state index contributed by atoms with van der Waals surface area (Å²) in [5, 5.41) is 9.04. The molecule has 3 N–H and O–H groups in total. The van der Waals surface area contributed by atoms with E-state index in [2.05, 4.69) is 4.98 Å². The van der Waals surface area contributed by atoms with E-state index in [1.807, 2.05) is 0 Å². The van der Waals surface area contributed by atoms with Gasteiger partial charge in [0, 0.05) is 5.56 Å². The highest BCUT2D eigenvalue weighted by molar-refractivity contribution is 5.20. The van der Waals surface area contributed by atoms with Crippen LogP contribution in [0.15, 0.2) is 12.4 Å². The largest absolute Gasteiger partial charge is 0.391 e. The predicted octanol–water partition coefficient (Wildman–Crippen LogP) is 0.740. The zero-order valence-corrected chi connectivity index (χ0v) is 7.04. The second kappa shape index (κ2) is 3.76. The molecule has 0 aliphatic carbocycles. The van der Waals surface area contributed by atoms with Crippen LogP contribution >= 0.6 is 0 Å². The summed E-state index contributed by atoms with van der Waals surface area (Å²) >= 11 is 0. The van der Waals surface area contributed by atoms with Crippen molar-refractivity contribution < 1.29 is 13.9 Å². The van der Waals surface area contributed by atoms with Gasteiger partial charge in [0.05, 0.1) is 24.5 Å². The average molecular weight is 188 g/mol. The lowest BCUT2D eigenvalue weighted by atomic mass is 10.0. The van der Waals surface area contributed by atoms with Gasteiger partial charge in [-0.15, -0.1) is 0 Å². The molecule has 1 aromatic heterocycles. The number of halogens is 2. The summed E-state index contributed by atoms with van der Waals surface area (Å²) in [6, 6.07) is -1.07. The SMILES string of the molecule is CC(O)C(N)c1c(F)cncc1F. The molecule has 0 fully saturated rings. The molecule has 2 unspecified atom stereocenters.